The van der Waals surface area contributed by atoms with E-state index in [0.717, 1.165) is 9.99 Å². The van der Waals surface area contributed by atoms with E-state index in [4.69, 9.17) is 16.3 Å². The number of halogens is 1. The summed E-state index contributed by atoms with van der Waals surface area (Å²) in [4.78, 5) is 12.8. The molecule has 0 unspecified atom stereocenters. The molecule has 3 rings (SSSR count). The van der Waals surface area contributed by atoms with Gasteiger partial charge in [0, 0.05) is 24.8 Å². The summed E-state index contributed by atoms with van der Waals surface area (Å²) in [6.07, 6.45) is 1.46. The molecule has 0 saturated heterocycles. The Morgan fingerprint density at radius 3 is 2.61 bits per heavy atom. The van der Waals surface area contributed by atoms with E-state index >= 15 is 0 Å². The summed E-state index contributed by atoms with van der Waals surface area (Å²) in [5, 5.41) is 7.58. The van der Waals surface area contributed by atoms with Crippen molar-refractivity contribution >= 4 is 33.2 Å². The van der Waals surface area contributed by atoms with E-state index in [-0.39, 0.29) is 10.6 Å². The highest BCUT2D eigenvalue weighted by Crippen LogP contribution is 2.29. The summed E-state index contributed by atoms with van der Waals surface area (Å²) in [7, 11) is -0.900. The average Bonchev–Trinajstić information content (AvgIpc) is 3.10. The predicted molar refractivity (Wildman–Crippen MR) is 120 cm³/mol. The minimum absolute atomic E-state index is 0.0245. The van der Waals surface area contributed by atoms with Gasteiger partial charge in [0.25, 0.3) is 5.91 Å². The zero-order chi connectivity index (χ0) is 22.8. The molecule has 0 aliphatic carbocycles. The summed E-state index contributed by atoms with van der Waals surface area (Å²) in [6, 6.07) is 11.6. The van der Waals surface area contributed by atoms with Crippen molar-refractivity contribution in [2.24, 2.45) is 0 Å². The van der Waals surface area contributed by atoms with Crippen LogP contribution in [-0.4, -0.2) is 49.1 Å². The number of carbonyl (C=O) groups is 1. The summed E-state index contributed by atoms with van der Waals surface area (Å²) >= 11 is 6.05. The molecule has 0 fully saturated rings. The monoisotopic (exact) mass is 462 g/mol. The van der Waals surface area contributed by atoms with Crippen LogP contribution in [0, 0.1) is 6.92 Å². The number of amides is 1. The predicted octanol–water partition coefficient (Wildman–Crippen LogP) is 3.74. The van der Waals surface area contributed by atoms with Gasteiger partial charge in [0.05, 0.1) is 29.7 Å². The number of hydrogen-bond acceptors (Lipinski definition) is 5. The summed E-state index contributed by atoms with van der Waals surface area (Å²) in [5.74, 6) is -0.192. The maximum absolute atomic E-state index is 12.9. The molecule has 1 N–H and O–H groups in total. The molecule has 0 spiro atoms. The number of benzene rings is 2. The molecule has 0 saturated carbocycles. The highest BCUT2D eigenvalue weighted by molar-refractivity contribution is 7.89. The van der Waals surface area contributed by atoms with E-state index in [1.54, 1.807) is 42.8 Å². The van der Waals surface area contributed by atoms with Gasteiger partial charge in [-0.05, 0) is 50.2 Å². The van der Waals surface area contributed by atoms with Crippen molar-refractivity contribution in [1.29, 1.82) is 0 Å². The van der Waals surface area contributed by atoms with E-state index in [9.17, 15) is 13.2 Å². The molecule has 0 aliphatic rings. The van der Waals surface area contributed by atoms with Gasteiger partial charge in [0.1, 0.15) is 10.6 Å². The summed E-state index contributed by atoms with van der Waals surface area (Å²) < 4.78 is 33.5. The van der Waals surface area contributed by atoms with Gasteiger partial charge in [-0.25, -0.2) is 17.4 Å². The second-order valence-corrected chi connectivity index (χ2v) is 9.43. The molecule has 0 aliphatic heterocycles. The third kappa shape index (κ3) is 4.73. The molecule has 31 heavy (non-hydrogen) atoms. The van der Waals surface area contributed by atoms with Crippen LogP contribution in [0.15, 0.2) is 53.6 Å². The number of nitrogens with one attached hydrogen (secondary N) is 1. The van der Waals surface area contributed by atoms with Crippen molar-refractivity contribution in [1.82, 2.24) is 14.1 Å². The van der Waals surface area contributed by atoms with E-state index in [0.29, 0.717) is 28.6 Å². The first-order chi connectivity index (χ1) is 14.6. The molecule has 3 aromatic rings. The molecule has 1 amide bonds. The number of anilines is 1. The van der Waals surface area contributed by atoms with Gasteiger partial charge in [-0.3, -0.25) is 4.79 Å². The fourth-order valence-corrected chi connectivity index (χ4v) is 4.19. The summed E-state index contributed by atoms with van der Waals surface area (Å²) in [5.41, 5.74) is 2.02. The number of nitrogens with zero attached hydrogens (tertiary/aromatic N) is 3. The van der Waals surface area contributed by atoms with Crippen molar-refractivity contribution in [3.8, 4) is 11.4 Å². The highest BCUT2D eigenvalue weighted by Gasteiger charge is 2.24. The molecular weight excluding hydrogens is 440 g/mol. The quantitative estimate of drug-likeness (QED) is 0.577. The number of rotatable bonds is 7. The normalized spacial score (nSPS) is 11.5. The van der Waals surface area contributed by atoms with Crippen molar-refractivity contribution in [3.05, 3.63) is 64.9 Å². The van der Waals surface area contributed by atoms with Gasteiger partial charge < -0.3 is 10.1 Å². The van der Waals surface area contributed by atoms with E-state index in [2.05, 4.69) is 10.4 Å². The smallest absolute Gasteiger partial charge is 0.259 e. The van der Waals surface area contributed by atoms with Crippen LogP contribution in [0.1, 0.15) is 23.0 Å². The first kappa shape index (κ1) is 22.8. The minimum Gasteiger partial charge on any atom is -0.492 e. The van der Waals surface area contributed by atoms with Crippen molar-refractivity contribution in [2.75, 3.05) is 26.0 Å². The third-order valence-electron chi connectivity index (χ3n) is 4.57. The second-order valence-electron chi connectivity index (χ2n) is 6.87. The van der Waals surface area contributed by atoms with Gasteiger partial charge in [-0.15, -0.1) is 0 Å². The Kier molecular flexibility index (Phi) is 6.68. The Balaban J connectivity index is 1.92. The van der Waals surface area contributed by atoms with Crippen LogP contribution >= 0.6 is 11.6 Å². The fraction of sp³-hybridized carbons (Fsp3) is 0.238. The number of carbonyl (C=O) groups excluding carboxylic acids is 1. The van der Waals surface area contributed by atoms with Crippen LogP contribution in [-0.2, 0) is 10.0 Å². The van der Waals surface area contributed by atoms with Gasteiger partial charge in [0.15, 0.2) is 0 Å². The standard InChI is InChI=1S/C21H23ClN4O4S/c1-5-30-19-10-9-16(12-20(19)31(28,29)25(3)4)24-21(27)18-13-23-26(14(18)2)17-8-6-7-15(22)11-17/h6-13H,5H2,1-4H3,(H,24,27). The Morgan fingerprint density at radius 1 is 1.23 bits per heavy atom. The number of aromatic nitrogens is 2. The second kappa shape index (κ2) is 9.09. The minimum atomic E-state index is -3.77. The van der Waals surface area contributed by atoms with Crippen LogP contribution < -0.4 is 10.1 Å². The van der Waals surface area contributed by atoms with Gasteiger partial charge in [-0.2, -0.15) is 5.10 Å². The van der Waals surface area contributed by atoms with E-state index < -0.39 is 15.9 Å². The Labute approximate surface area is 186 Å². The van der Waals surface area contributed by atoms with Crippen LogP contribution in [0.4, 0.5) is 5.69 Å². The number of sulfonamides is 1. The molecule has 0 atom stereocenters. The Hall–Kier alpha value is -2.88. The van der Waals surface area contributed by atoms with Crippen LogP contribution in [0.2, 0.25) is 5.02 Å². The summed E-state index contributed by atoms with van der Waals surface area (Å²) in [6.45, 7) is 3.84. The van der Waals surface area contributed by atoms with Crippen molar-refractivity contribution in [3.63, 3.8) is 0 Å². The molecule has 1 heterocycles. The first-order valence-electron chi connectivity index (χ1n) is 9.46. The third-order valence-corrected chi connectivity index (χ3v) is 6.64. The highest BCUT2D eigenvalue weighted by atomic mass is 35.5. The zero-order valence-corrected chi connectivity index (χ0v) is 19.2. The lowest BCUT2D eigenvalue weighted by atomic mass is 10.2. The molecule has 1 aromatic heterocycles. The van der Waals surface area contributed by atoms with Crippen LogP contribution in [0.5, 0.6) is 5.75 Å². The molecule has 8 nitrogen and oxygen atoms in total. The van der Waals surface area contributed by atoms with Crippen LogP contribution in [0.25, 0.3) is 5.69 Å². The van der Waals surface area contributed by atoms with Gasteiger partial charge in [-0.1, -0.05) is 17.7 Å². The molecule has 0 radical (unpaired) electrons. The first-order valence-corrected chi connectivity index (χ1v) is 11.3. The number of ether oxygens (including phenoxy) is 1. The van der Waals surface area contributed by atoms with E-state index in [1.165, 1.54) is 32.4 Å². The van der Waals surface area contributed by atoms with Crippen molar-refractivity contribution < 1.29 is 17.9 Å². The lowest BCUT2D eigenvalue weighted by Gasteiger charge is -2.16. The van der Waals surface area contributed by atoms with Crippen molar-refractivity contribution in [2.45, 2.75) is 18.7 Å². The fourth-order valence-electron chi connectivity index (χ4n) is 2.96. The zero-order valence-electron chi connectivity index (χ0n) is 17.6. The molecule has 0 bridgehead atoms. The average molecular weight is 463 g/mol. The number of hydrogen-bond donors (Lipinski definition) is 1. The Bertz CT molecular complexity index is 1220. The van der Waals surface area contributed by atoms with E-state index in [1.807, 2.05) is 6.07 Å². The lowest BCUT2D eigenvalue weighted by molar-refractivity contribution is 0.102. The van der Waals surface area contributed by atoms with Crippen LogP contribution in [0.3, 0.4) is 0 Å². The largest absolute Gasteiger partial charge is 0.492 e. The molecule has 2 aromatic carbocycles. The molecular formula is C21H23ClN4O4S. The molecule has 164 valence electrons. The SMILES string of the molecule is CCOc1ccc(NC(=O)c2cnn(-c3cccc(Cl)c3)c2C)cc1S(=O)(=O)N(C)C. The lowest BCUT2D eigenvalue weighted by Crippen LogP contribution is -2.23. The molecule has 10 heteroatoms. The topological polar surface area (TPSA) is 93.5 Å². The van der Waals surface area contributed by atoms with Gasteiger partial charge in [0.2, 0.25) is 10.0 Å². The maximum atomic E-state index is 12.9. The Morgan fingerprint density at radius 2 is 1.97 bits per heavy atom. The van der Waals surface area contributed by atoms with Gasteiger partial charge >= 0.3 is 0 Å². The maximum Gasteiger partial charge on any atom is 0.259 e.